The minimum atomic E-state index is -1.84. The number of nitrogens with two attached hydrogens (primary N) is 1. The van der Waals surface area contributed by atoms with Crippen molar-refractivity contribution >= 4 is 23.2 Å². The van der Waals surface area contributed by atoms with Crippen LogP contribution in [0.15, 0.2) is 12.2 Å². The number of imide groups is 1. The Morgan fingerprint density at radius 2 is 1.25 bits per heavy atom. The lowest BCUT2D eigenvalue weighted by Gasteiger charge is -2.38. The molecule has 5 rings (SSSR count). The van der Waals surface area contributed by atoms with E-state index >= 15 is 0 Å². The quantitative estimate of drug-likeness (QED) is 0.281. The van der Waals surface area contributed by atoms with Crippen molar-refractivity contribution in [2.75, 3.05) is 10.6 Å². The van der Waals surface area contributed by atoms with E-state index in [-0.39, 0.29) is 16.7 Å². The first-order valence-corrected chi connectivity index (χ1v) is 7.52. The first kappa shape index (κ1) is 15.2. The number of carbonyl (C=O) groups is 2. The van der Waals surface area contributed by atoms with Crippen molar-refractivity contribution in [1.82, 2.24) is 0 Å². The molecule has 0 unspecified atom stereocenters. The normalized spacial score (nSPS) is 31.1. The average molecular weight is 340 g/mol. The predicted octanol–water partition coefficient (Wildman–Crippen LogP) is 2.53. The Hall–Kier alpha value is -2.38. The zero-order chi connectivity index (χ0) is 17.3. The highest BCUT2D eigenvalue weighted by Gasteiger charge is 2.58. The summed E-state index contributed by atoms with van der Waals surface area (Å²) in [6.45, 7) is 0. The summed E-state index contributed by atoms with van der Waals surface area (Å²) >= 11 is 0. The van der Waals surface area contributed by atoms with E-state index in [1.807, 2.05) is 12.2 Å². The highest BCUT2D eigenvalue weighted by atomic mass is 19.2. The Bertz CT molecular complexity index is 762. The third kappa shape index (κ3) is 1.68. The number of nitrogens with zero attached hydrogens (tertiary/aromatic N) is 1. The molecule has 4 nitrogen and oxygen atoms in total. The van der Waals surface area contributed by atoms with E-state index in [1.165, 1.54) is 0 Å². The molecule has 126 valence electrons. The Labute approximate surface area is 133 Å². The van der Waals surface area contributed by atoms with Crippen LogP contribution in [0.2, 0.25) is 0 Å². The van der Waals surface area contributed by atoms with E-state index in [0.29, 0.717) is 12.8 Å². The van der Waals surface area contributed by atoms with Crippen LogP contribution in [0, 0.1) is 46.9 Å². The summed E-state index contributed by atoms with van der Waals surface area (Å²) < 4.78 is 55.7. The number of rotatable bonds is 1. The van der Waals surface area contributed by atoms with Gasteiger partial charge in [0.05, 0.1) is 11.8 Å². The SMILES string of the molecule is Nc1c(F)c(F)c(N2C(=O)[C@@H]3[C@H](C2=O)[C@@H]2C=C[C@H]3CC2)c(F)c1F. The summed E-state index contributed by atoms with van der Waals surface area (Å²) in [5, 5.41) is 0. The van der Waals surface area contributed by atoms with Crippen LogP contribution in [0.3, 0.4) is 0 Å². The fourth-order valence-corrected chi connectivity index (χ4v) is 4.13. The monoisotopic (exact) mass is 340 g/mol. The number of hydrogen-bond donors (Lipinski definition) is 1. The number of fused-ring (bicyclic) bond motifs is 1. The number of carbonyl (C=O) groups excluding carboxylic acids is 2. The Morgan fingerprint density at radius 3 is 1.62 bits per heavy atom. The van der Waals surface area contributed by atoms with Gasteiger partial charge >= 0.3 is 0 Å². The molecule has 24 heavy (non-hydrogen) atoms. The van der Waals surface area contributed by atoms with Gasteiger partial charge in [-0.15, -0.1) is 0 Å². The molecule has 1 saturated carbocycles. The third-order valence-electron chi connectivity index (χ3n) is 5.26. The molecule has 2 bridgehead atoms. The second-order valence-corrected chi connectivity index (χ2v) is 6.37. The van der Waals surface area contributed by atoms with E-state index in [1.54, 1.807) is 0 Å². The van der Waals surface area contributed by atoms with Crippen LogP contribution in [0.5, 0.6) is 0 Å². The zero-order valence-electron chi connectivity index (χ0n) is 12.2. The first-order chi connectivity index (χ1) is 11.3. The standard InChI is InChI=1S/C16H12F4N2O2/c17-9-11(19)14(12(20)10(18)13(9)21)22-15(23)7-5-1-2-6(4-3-5)8(7)16(22)24/h1-2,5-8H,3-4,21H2/t5-,6+,7-,8+. The number of benzene rings is 1. The van der Waals surface area contributed by atoms with Gasteiger partial charge in [0.15, 0.2) is 23.3 Å². The molecule has 3 aliphatic carbocycles. The summed E-state index contributed by atoms with van der Waals surface area (Å²) in [5.41, 5.74) is 2.32. The molecule has 0 aromatic heterocycles. The predicted molar refractivity (Wildman–Crippen MR) is 75.5 cm³/mol. The molecule has 2 amide bonds. The fourth-order valence-electron chi connectivity index (χ4n) is 4.13. The highest BCUT2D eigenvalue weighted by Crippen LogP contribution is 2.51. The van der Waals surface area contributed by atoms with Crippen molar-refractivity contribution in [2.24, 2.45) is 23.7 Å². The number of nitrogen functional groups attached to an aromatic ring is 1. The Kier molecular flexibility index (Phi) is 3.04. The van der Waals surface area contributed by atoms with Crippen molar-refractivity contribution in [1.29, 1.82) is 0 Å². The van der Waals surface area contributed by atoms with E-state index < -0.39 is 58.3 Å². The van der Waals surface area contributed by atoms with E-state index in [0.717, 1.165) is 0 Å². The van der Waals surface area contributed by atoms with Crippen LogP contribution in [0.1, 0.15) is 12.8 Å². The number of hydrogen-bond acceptors (Lipinski definition) is 3. The second kappa shape index (κ2) is 4.81. The molecule has 4 atom stereocenters. The lowest BCUT2D eigenvalue weighted by molar-refractivity contribution is -0.124. The lowest BCUT2D eigenvalue weighted by atomic mass is 9.63. The Morgan fingerprint density at radius 1 is 0.833 bits per heavy atom. The minimum absolute atomic E-state index is 0.212. The molecular weight excluding hydrogens is 328 g/mol. The van der Waals surface area contributed by atoms with Gasteiger partial charge in [0.25, 0.3) is 0 Å². The van der Waals surface area contributed by atoms with Gasteiger partial charge in [-0.25, -0.2) is 22.5 Å². The van der Waals surface area contributed by atoms with Gasteiger partial charge in [0, 0.05) is 0 Å². The van der Waals surface area contributed by atoms with Gasteiger partial charge in [-0.05, 0) is 24.7 Å². The van der Waals surface area contributed by atoms with Gasteiger partial charge in [-0.1, -0.05) is 12.2 Å². The Balaban J connectivity index is 1.88. The number of amides is 2. The topological polar surface area (TPSA) is 63.4 Å². The zero-order valence-corrected chi connectivity index (χ0v) is 12.2. The smallest absolute Gasteiger partial charge is 0.238 e. The van der Waals surface area contributed by atoms with Crippen molar-refractivity contribution in [3.05, 3.63) is 35.4 Å². The summed E-state index contributed by atoms with van der Waals surface area (Å²) in [7, 11) is 0. The fraction of sp³-hybridized carbons (Fsp3) is 0.375. The minimum Gasteiger partial charge on any atom is -0.394 e. The van der Waals surface area contributed by atoms with Crippen LogP contribution in [-0.4, -0.2) is 11.8 Å². The van der Waals surface area contributed by atoms with Crippen LogP contribution in [0.25, 0.3) is 0 Å². The maximum absolute atomic E-state index is 14.2. The molecule has 0 spiro atoms. The molecule has 8 heteroatoms. The van der Waals surface area contributed by atoms with Crippen LogP contribution >= 0.6 is 0 Å². The van der Waals surface area contributed by atoms with E-state index in [2.05, 4.69) is 0 Å². The first-order valence-electron chi connectivity index (χ1n) is 7.52. The average Bonchev–Trinajstić information content (AvgIpc) is 2.87. The van der Waals surface area contributed by atoms with Gasteiger partial charge in [0.1, 0.15) is 11.4 Å². The van der Waals surface area contributed by atoms with Crippen molar-refractivity contribution in [2.45, 2.75) is 12.8 Å². The van der Waals surface area contributed by atoms with E-state index in [9.17, 15) is 27.2 Å². The van der Waals surface area contributed by atoms with Crippen LogP contribution < -0.4 is 10.6 Å². The molecular formula is C16H12F4N2O2. The van der Waals surface area contributed by atoms with Gasteiger partial charge in [-0.3, -0.25) is 9.59 Å². The number of allylic oxidation sites excluding steroid dienone is 2. The molecule has 1 aromatic carbocycles. The maximum atomic E-state index is 14.2. The summed E-state index contributed by atoms with van der Waals surface area (Å²) in [6, 6.07) is 0. The van der Waals surface area contributed by atoms with Gasteiger partial charge in [0.2, 0.25) is 11.8 Å². The molecule has 2 fully saturated rings. The molecule has 2 N–H and O–H groups in total. The number of halogens is 4. The van der Waals surface area contributed by atoms with Crippen LogP contribution in [-0.2, 0) is 9.59 Å². The molecule has 1 heterocycles. The largest absolute Gasteiger partial charge is 0.394 e. The maximum Gasteiger partial charge on any atom is 0.238 e. The highest BCUT2D eigenvalue weighted by molar-refractivity contribution is 6.22. The van der Waals surface area contributed by atoms with Crippen molar-refractivity contribution < 1.29 is 27.2 Å². The van der Waals surface area contributed by atoms with Gasteiger partial charge < -0.3 is 5.73 Å². The number of anilines is 2. The molecule has 1 aliphatic heterocycles. The molecule has 4 aliphatic rings. The summed E-state index contributed by atoms with van der Waals surface area (Å²) in [4.78, 5) is 25.5. The van der Waals surface area contributed by atoms with Crippen LogP contribution in [0.4, 0.5) is 28.9 Å². The van der Waals surface area contributed by atoms with Crippen molar-refractivity contribution in [3.8, 4) is 0 Å². The summed E-state index contributed by atoms with van der Waals surface area (Å²) in [6.07, 6.45) is 5.01. The third-order valence-corrected chi connectivity index (χ3v) is 5.26. The molecule has 0 radical (unpaired) electrons. The second-order valence-electron chi connectivity index (χ2n) is 6.37. The van der Waals surface area contributed by atoms with Gasteiger partial charge in [-0.2, -0.15) is 0 Å². The summed E-state index contributed by atoms with van der Waals surface area (Å²) in [5.74, 6) is -10.9. The van der Waals surface area contributed by atoms with E-state index in [4.69, 9.17) is 5.73 Å². The lowest BCUT2D eigenvalue weighted by Crippen LogP contribution is -2.38. The molecule has 1 aromatic rings. The van der Waals surface area contributed by atoms with Crippen molar-refractivity contribution in [3.63, 3.8) is 0 Å². The molecule has 1 saturated heterocycles.